The van der Waals surface area contributed by atoms with Gasteiger partial charge < -0.3 is 0 Å². The van der Waals surface area contributed by atoms with E-state index in [9.17, 15) is 12.8 Å². The van der Waals surface area contributed by atoms with Crippen LogP contribution in [-0.2, 0) is 10.0 Å². The molecule has 146 valence electrons. The molecule has 0 spiro atoms. The van der Waals surface area contributed by atoms with Crippen LogP contribution < -0.4 is 4.83 Å². The minimum Gasteiger partial charge on any atom is -0.277 e. The maximum atomic E-state index is 13.1. The summed E-state index contributed by atoms with van der Waals surface area (Å²) in [6.45, 7) is 4.18. The highest BCUT2D eigenvalue weighted by atomic mass is 32.2. The number of hydrogen-bond acceptors (Lipinski definition) is 4. The van der Waals surface area contributed by atoms with Crippen molar-refractivity contribution in [2.24, 2.45) is 5.10 Å². The van der Waals surface area contributed by atoms with Crippen molar-refractivity contribution in [3.05, 3.63) is 71.7 Å². The van der Waals surface area contributed by atoms with Gasteiger partial charge in [0.25, 0.3) is 10.0 Å². The molecule has 0 fully saturated rings. The van der Waals surface area contributed by atoms with Gasteiger partial charge in [-0.3, -0.25) is 5.10 Å². The molecule has 0 radical (unpaired) electrons. The Labute approximate surface area is 163 Å². The third kappa shape index (κ3) is 4.45. The van der Waals surface area contributed by atoms with Gasteiger partial charge in [0.15, 0.2) is 0 Å². The van der Waals surface area contributed by atoms with Crippen LogP contribution >= 0.6 is 0 Å². The van der Waals surface area contributed by atoms with Crippen LogP contribution in [0.25, 0.3) is 11.3 Å². The molecule has 1 atom stereocenters. The Kier molecular flexibility index (Phi) is 5.89. The number of halogens is 1. The number of nitrogens with one attached hydrogen (secondary N) is 2. The van der Waals surface area contributed by atoms with E-state index in [0.29, 0.717) is 22.7 Å². The minimum absolute atomic E-state index is 0.141. The summed E-state index contributed by atoms with van der Waals surface area (Å²) >= 11 is 0. The Bertz CT molecular complexity index is 1060. The van der Waals surface area contributed by atoms with Crippen LogP contribution in [0.3, 0.4) is 0 Å². The maximum absolute atomic E-state index is 13.1. The lowest BCUT2D eigenvalue weighted by Gasteiger charge is -2.09. The standard InChI is InChI=1S/C20H21FN4O2S/c1-3-14(2)15-6-10-19(11-7-15)28(26,27)25-23-13-17-12-22-24-20(17)16-4-8-18(21)9-5-16/h4-14,25H,3H2,1-2H3,(H,22,24)/b23-13-/t14-/m0/s1. The van der Waals surface area contributed by atoms with Crippen molar-refractivity contribution >= 4 is 16.2 Å². The highest BCUT2D eigenvalue weighted by Crippen LogP contribution is 2.21. The number of rotatable bonds is 7. The number of hydrogen-bond donors (Lipinski definition) is 2. The molecule has 3 rings (SSSR count). The van der Waals surface area contributed by atoms with Gasteiger partial charge in [0.05, 0.1) is 23.0 Å². The molecule has 2 aromatic carbocycles. The number of benzene rings is 2. The summed E-state index contributed by atoms with van der Waals surface area (Å²) in [5.41, 5.74) is 2.98. The van der Waals surface area contributed by atoms with Gasteiger partial charge in [0.2, 0.25) is 0 Å². The SMILES string of the molecule is CC[C@H](C)c1ccc(S(=O)(=O)N/N=C\c2cn[nH]c2-c2ccc(F)cc2)cc1. The summed E-state index contributed by atoms with van der Waals surface area (Å²) in [7, 11) is -3.77. The second-order valence-corrected chi connectivity index (χ2v) is 8.10. The summed E-state index contributed by atoms with van der Waals surface area (Å²) < 4.78 is 37.9. The predicted molar refractivity (Wildman–Crippen MR) is 107 cm³/mol. The molecular formula is C20H21FN4O2S. The van der Waals surface area contributed by atoms with E-state index in [4.69, 9.17) is 0 Å². The summed E-state index contributed by atoms with van der Waals surface area (Å²) in [5, 5.41) is 10.6. The van der Waals surface area contributed by atoms with E-state index in [0.717, 1.165) is 12.0 Å². The van der Waals surface area contributed by atoms with E-state index in [-0.39, 0.29) is 10.7 Å². The molecule has 1 heterocycles. The lowest BCUT2D eigenvalue weighted by Crippen LogP contribution is -2.18. The molecule has 0 saturated carbocycles. The fourth-order valence-corrected chi connectivity index (χ4v) is 3.46. The van der Waals surface area contributed by atoms with Gasteiger partial charge >= 0.3 is 0 Å². The number of hydrazone groups is 1. The van der Waals surface area contributed by atoms with Crippen molar-refractivity contribution in [1.29, 1.82) is 0 Å². The molecule has 28 heavy (non-hydrogen) atoms. The van der Waals surface area contributed by atoms with Crippen molar-refractivity contribution in [1.82, 2.24) is 15.0 Å². The quantitative estimate of drug-likeness (QED) is 0.463. The zero-order chi connectivity index (χ0) is 20.1. The number of sulfonamides is 1. The highest BCUT2D eigenvalue weighted by molar-refractivity contribution is 7.89. The number of H-pyrrole nitrogens is 1. The first-order chi connectivity index (χ1) is 13.4. The molecule has 0 aliphatic carbocycles. The topological polar surface area (TPSA) is 87.2 Å². The van der Waals surface area contributed by atoms with Crippen molar-refractivity contribution in [2.75, 3.05) is 0 Å². The van der Waals surface area contributed by atoms with Crippen LogP contribution in [0.1, 0.15) is 37.3 Å². The van der Waals surface area contributed by atoms with E-state index in [1.807, 2.05) is 12.1 Å². The summed E-state index contributed by atoms with van der Waals surface area (Å²) in [6, 6.07) is 12.6. The second-order valence-electron chi connectivity index (χ2n) is 6.44. The van der Waals surface area contributed by atoms with Gasteiger partial charge in [-0.1, -0.05) is 26.0 Å². The fourth-order valence-electron chi connectivity index (χ4n) is 2.67. The van der Waals surface area contributed by atoms with Crippen LogP contribution in [-0.4, -0.2) is 24.8 Å². The molecule has 0 saturated heterocycles. The molecule has 2 N–H and O–H groups in total. The normalized spacial score (nSPS) is 13.0. The lowest BCUT2D eigenvalue weighted by atomic mass is 9.99. The third-order valence-corrected chi connectivity index (χ3v) is 5.79. The lowest BCUT2D eigenvalue weighted by molar-refractivity contribution is 0.584. The van der Waals surface area contributed by atoms with Gasteiger partial charge in [-0.05, 0) is 54.3 Å². The Morgan fingerprint density at radius 1 is 1.18 bits per heavy atom. The van der Waals surface area contributed by atoms with Crippen molar-refractivity contribution in [3.8, 4) is 11.3 Å². The van der Waals surface area contributed by atoms with Crippen molar-refractivity contribution in [2.45, 2.75) is 31.1 Å². The molecule has 0 bridgehead atoms. The van der Waals surface area contributed by atoms with Gasteiger partial charge in [0, 0.05) is 11.1 Å². The molecular weight excluding hydrogens is 379 g/mol. The van der Waals surface area contributed by atoms with E-state index in [2.05, 4.69) is 34.0 Å². The first kappa shape index (κ1) is 19.8. The third-order valence-electron chi connectivity index (χ3n) is 4.55. The monoisotopic (exact) mass is 400 g/mol. The number of aromatic amines is 1. The summed E-state index contributed by atoms with van der Waals surface area (Å²) in [5.74, 6) is 0.0271. The van der Waals surface area contributed by atoms with Gasteiger partial charge in [-0.2, -0.15) is 18.6 Å². The molecule has 1 aromatic heterocycles. The van der Waals surface area contributed by atoms with E-state index in [1.165, 1.54) is 24.5 Å². The molecule has 0 unspecified atom stereocenters. The highest BCUT2D eigenvalue weighted by Gasteiger charge is 2.14. The van der Waals surface area contributed by atoms with E-state index >= 15 is 0 Å². The van der Waals surface area contributed by atoms with Crippen LogP contribution in [0.2, 0.25) is 0 Å². The van der Waals surface area contributed by atoms with Gasteiger partial charge in [0.1, 0.15) is 5.82 Å². The second kappa shape index (κ2) is 8.35. The van der Waals surface area contributed by atoms with Crippen LogP contribution in [0.5, 0.6) is 0 Å². The first-order valence-electron chi connectivity index (χ1n) is 8.85. The Morgan fingerprint density at radius 3 is 2.50 bits per heavy atom. The zero-order valence-corrected chi connectivity index (χ0v) is 16.4. The number of aromatic nitrogens is 2. The van der Waals surface area contributed by atoms with Crippen LogP contribution in [0.15, 0.2) is 64.7 Å². The number of nitrogens with zero attached hydrogens (tertiary/aromatic N) is 2. The molecule has 0 amide bonds. The smallest absolute Gasteiger partial charge is 0.276 e. The van der Waals surface area contributed by atoms with E-state index in [1.54, 1.807) is 24.3 Å². The van der Waals surface area contributed by atoms with Crippen LogP contribution in [0.4, 0.5) is 4.39 Å². The summed E-state index contributed by atoms with van der Waals surface area (Å²) in [6.07, 6.45) is 3.85. The van der Waals surface area contributed by atoms with Crippen LogP contribution in [0, 0.1) is 5.82 Å². The van der Waals surface area contributed by atoms with Crippen molar-refractivity contribution in [3.63, 3.8) is 0 Å². The zero-order valence-electron chi connectivity index (χ0n) is 15.6. The molecule has 6 nitrogen and oxygen atoms in total. The Balaban J connectivity index is 1.74. The first-order valence-corrected chi connectivity index (χ1v) is 10.3. The molecule has 0 aliphatic rings. The van der Waals surface area contributed by atoms with Crippen molar-refractivity contribution < 1.29 is 12.8 Å². The fraction of sp³-hybridized carbons (Fsp3) is 0.200. The molecule has 0 aliphatic heterocycles. The van der Waals surface area contributed by atoms with Gasteiger partial charge in [-0.15, -0.1) is 0 Å². The Hall–Kier alpha value is -3.00. The largest absolute Gasteiger partial charge is 0.277 e. The van der Waals surface area contributed by atoms with Gasteiger partial charge in [-0.25, -0.2) is 9.22 Å². The minimum atomic E-state index is -3.77. The maximum Gasteiger partial charge on any atom is 0.276 e. The predicted octanol–water partition coefficient (Wildman–Crippen LogP) is 4.04. The van der Waals surface area contributed by atoms with E-state index < -0.39 is 10.0 Å². The molecule has 3 aromatic rings. The molecule has 8 heteroatoms. The Morgan fingerprint density at radius 2 is 1.86 bits per heavy atom. The average molecular weight is 400 g/mol. The summed E-state index contributed by atoms with van der Waals surface area (Å²) in [4.78, 5) is 2.35. The average Bonchev–Trinajstić information content (AvgIpc) is 3.16.